The van der Waals surface area contributed by atoms with E-state index >= 15 is 0 Å². The molecule has 0 radical (unpaired) electrons. The second kappa shape index (κ2) is 5.00. The van der Waals surface area contributed by atoms with E-state index in [1.54, 1.807) is 24.3 Å². The lowest BCUT2D eigenvalue weighted by Gasteiger charge is -2.01. The highest BCUT2D eigenvalue weighted by Crippen LogP contribution is 2.25. The molecular formula is C13H12F2N2O. The van der Waals surface area contributed by atoms with Crippen LogP contribution in [-0.2, 0) is 11.3 Å². The maximum atomic E-state index is 12.8. The molecule has 1 aromatic heterocycles. The zero-order valence-electron chi connectivity index (χ0n) is 9.57. The Morgan fingerprint density at radius 3 is 2.83 bits per heavy atom. The third kappa shape index (κ3) is 2.25. The van der Waals surface area contributed by atoms with Crippen LogP contribution in [0.25, 0.3) is 10.9 Å². The molecule has 0 saturated carbocycles. The van der Waals surface area contributed by atoms with Gasteiger partial charge in [-0.05, 0) is 17.7 Å². The number of alkyl halides is 2. The van der Waals surface area contributed by atoms with E-state index in [-0.39, 0.29) is 12.5 Å². The molecule has 0 saturated heterocycles. The van der Waals surface area contributed by atoms with Gasteiger partial charge in [0.15, 0.2) is 0 Å². The molecule has 0 aliphatic heterocycles. The fourth-order valence-electron chi connectivity index (χ4n) is 1.83. The molecule has 1 heterocycles. The number of benzene rings is 1. The number of rotatable bonds is 4. The summed E-state index contributed by atoms with van der Waals surface area (Å²) in [4.78, 5) is 11.1. The Labute approximate surface area is 103 Å². The summed E-state index contributed by atoms with van der Waals surface area (Å²) in [6.45, 7) is 0.933. The molecule has 0 unspecified atom stereocenters. The van der Waals surface area contributed by atoms with Gasteiger partial charge in [0.1, 0.15) is 0 Å². The minimum Gasteiger partial charge on any atom is -0.348 e. The lowest BCUT2D eigenvalue weighted by Crippen LogP contribution is -2.19. The highest BCUT2D eigenvalue weighted by Gasteiger charge is 2.13. The van der Waals surface area contributed by atoms with Gasteiger partial charge < -0.3 is 5.32 Å². The van der Waals surface area contributed by atoms with Crippen molar-refractivity contribution in [3.05, 3.63) is 48.7 Å². The molecule has 0 aliphatic rings. The van der Waals surface area contributed by atoms with Gasteiger partial charge in [-0.25, -0.2) is 0 Å². The fraction of sp³-hybridized carbons (Fsp3) is 0.154. The van der Waals surface area contributed by atoms with Gasteiger partial charge in [-0.1, -0.05) is 24.8 Å². The lowest BCUT2D eigenvalue weighted by molar-refractivity contribution is -0.116. The van der Waals surface area contributed by atoms with Gasteiger partial charge in [-0.15, -0.1) is 0 Å². The minimum atomic E-state index is -2.60. The molecule has 94 valence electrons. The molecule has 0 spiro atoms. The second-order valence-corrected chi connectivity index (χ2v) is 3.78. The average molecular weight is 250 g/mol. The second-order valence-electron chi connectivity index (χ2n) is 3.78. The normalized spacial score (nSPS) is 10.8. The minimum absolute atomic E-state index is 0.199. The Morgan fingerprint density at radius 1 is 1.44 bits per heavy atom. The maximum Gasteiger partial charge on any atom is 0.319 e. The summed E-state index contributed by atoms with van der Waals surface area (Å²) in [7, 11) is 0. The van der Waals surface area contributed by atoms with Crippen LogP contribution >= 0.6 is 0 Å². The third-order valence-corrected chi connectivity index (χ3v) is 2.67. The van der Waals surface area contributed by atoms with Crippen LogP contribution < -0.4 is 5.32 Å². The summed E-state index contributed by atoms with van der Waals surface area (Å²) in [6.07, 6.45) is 2.50. The fourth-order valence-corrected chi connectivity index (χ4v) is 1.83. The van der Waals surface area contributed by atoms with E-state index in [4.69, 9.17) is 0 Å². The Balaban J connectivity index is 2.38. The molecule has 2 aromatic rings. The SMILES string of the molecule is C=CC(=O)NCc1cn(C(F)F)c2ccccc12. The van der Waals surface area contributed by atoms with Gasteiger partial charge in [0.25, 0.3) is 0 Å². The molecule has 0 atom stereocenters. The number of para-hydroxylation sites is 1. The number of hydrogen-bond donors (Lipinski definition) is 1. The van der Waals surface area contributed by atoms with E-state index in [9.17, 15) is 13.6 Å². The molecule has 5 heteroatoms. The van der Waals surface area contributed by atoms with Gasteiger partial charge >= 0.3 is 6.55 Å². The van der Waals surface area contributed by atoms with Gasteiger partial charge in [0.05, 0.1) is 5.52 Å². The molecule has 0 aliphatic carbocycles. The number of amides is 1. The number of carbonyl (C=O) groups excluding carboxylic acids is 1. The van der Waals surface area contributed by atoms with Crippen LogP contribution in [0.4, 0.5) is 8.78 Å². The maximum absolute atomic E-state index is 12.8. The first-order valence-electron chi connectivity index (χ1n) is 5.40. The summed E-state index contributed by atoms with van der Waals surface area (Å²) in [5.41, 5.74) is 1.11. The number of nitrogens with one attached hydrogen (secondary N) is 1. The molecule has 18 heavy (non-hydrogen) atoms. The van der Waals surface area contributed by atoms with Crippen LogP contribution in [0.3, 0.4) is 0 Å². The molecule has 3 nitrogen and oxygen atoms in total. The molecule has 2 rings (SSSR count). The van der Waals surface area contributed by atoms with Crippen molar-refractivity contribution >= 4 is 16.8 Å². The van der Waals surface area contributed by atoms with Gasteiger partial charge in [-0.3, -0.25) is 9.36 Å². The van der Waals surface area contributed by atoms with Crippen LogP contribution in [0, 0.1) is 0 Å². The summed E-state index contributed by atoms with van der Waals surface area (Å²) >= 11 is 0. The zero-order chi connectivity index (χ0) is 13.1. The van der Waals surface area contributed by atoms with E-state index in [0.29, 0.717) is 16.5 Å². The van der Waals surface area contributed by atoms with E-state index in [1.165, 1.54) is 6.20 Å². The number of nitrogens with zero attached hydrogens (tertiary/aromatic N) is 1. The summed E-state index contributed by atoms with van der Waals surface area (Å²) < 4.78 is 26.6. The Bertz CT molecular complexity index is 590. The van der Waals surface area contributed by atoms with Crippen molar-refractivity contribution in [2.24, 2.45) is 0 Å². The Morgan fingerprint density at radius 2 is 2.17 bits per heavy atom. The largest absolute Gasteiger partial charge is 0.348 e. The molecule has 1 aromatic carbocycles. The highest BCUT2D eigenvalue weighted by atomic mass is 19.3. The van der Waals surface area contributed by atoms with E-state index in [1.807, 2.05) is 0 Å². The monoisotopic (exact) mass is 250 g/mol. The van der Waals surface area contributed by atoms with E-state index in [2.05, 4.69) is 11.9 Å². The summed E-state index contributed by atoms with van der Waals surface area (Å²) in [5.74, 6) is -0.330. The van der Waals surface area contributed by atoms with Crippen molar-refractivity contribution in [1.82, 2.24) is 9.88 Å². The quantitative estimate of drug-likeness (QED) is 0.832. The Kier molecular flexibility index (Phi) is 3.41. The predicted octanol–water partition coefficient (Wildman–Crippen LogP) is 2.84. The molecule has 0 bridgehead atoms. The topological polar surface area (TPSA) is 34.0 Å². The Hall–Kier alpha value is -2.17. The van der Waals surface area contributed by atoms with Crippen LogP contribution in [0.1, 0.15) is 12.1 Å². The van der Waals surface area contributed by atoms with Crippen LogP contribution in [0.5, 0.6) is 0 Å². The first kappa shape index (κ1) is 12.3. The van der Waals surface area contributed by atoms with Crippen molar-refractivity contribution in [3.8, 4) is 0 Å². The number of carbonyl (C=O) groups is 1. The number of halogens is 2. The zero-order valence-corrected chi connectivity index (χ0v) is 9.57. The van der Waals surface area contributed by atoms with Gasteiger partial charge in [0.2, 0.25) is 5.91 Å². The smallest absolute Gasteiger partial charge is 0.319 e. The van der Waals surface area contributed by atoms with Crippen molar-refractivity contribution in [2.75, 3.05) is 0 Å². The molecule has 1 amide bonds. The first-order valence-corrected chi connectivity index (χ1v) is 5.40. The standard InChI is InChI=1S/C13H12F2N2O/c1-2-12(18)16-7-9-8-17(13(14)15)11-6-4-3-5-10(9)11/h2-6,8,13H,1,7H2,(H,16,18). The summed E-state index contributed by atoms with van der Waals surface area (Å²) in [5, 5.41) is 3.29. The molecular weight excluding hydrogens is 238 g/mol. The van der Waals surface area contributed by atoms with Crippen LogP contribution in [0.15, 0.2) is 43.1 Å². The lowest BCUT2D eigenvalue weighted by atomic mass is 10.2. The van der Waals surface area contributed by atoms with E-state index < -0.39 is 6.55 Å². The molecule has 0 fully saturated rings. The summed E-state index contributed by atoms with van der Waals surface area (Å²) in [6, 6.07) is 6.86. The predicted molar refractivity (Wildman–Crippen MR) is 65.2 cm³/mol. The number of hydrogen-bond acceptors (Lipinski definition) is 1. The number of fused-ring (bicyclic) bond motifs is 1. The van der Waals surface area contributed by atoms with Gasteiger partial charge in [0, 0.05) is 18.1 Å². The first-order chi connectivity index (χ1) is 8.63. The van der Waals surface area contributed by atoms with Crippen molar-refractivity contribution in [3.63, 3.8) is 0 Å². The highest BCUT2D eigenvalue weighted by molar-refractivity contribution is 5.88. The van der Waals surface area contributed by atoms with Crippen LogP contribution in [0.2, 0.25) is 0 Å². The number of aromatic nitrogens is 1. The molecule has 1 N–H and O–H groups in total. The van der Waals surface area contributed by atoms with E-state index in [0.717, 1.165) is 10.6 Å². The average Bonchev–Trinajstić information content (AvgIpc) is 2.75. The van der Waals surface area contributed by atoms with Crippen LogP contribution in [-0.4, -0.2) is 10.5 Å². The van der Waals surface area contributed by atoms with Crippen molar-refractivity contribution < 1.29 is 13.6 Å². The third-order valence-electron chi connectivity index (χ3n) is 2.67. The van der Waals surface area contributed by atoms with Crippen molar-refractivity contribution in [1.29, 1.82) is 0 Å². The van der Waals surface area contributed by atoms with Crippen molar-refractivity contribution in [2.45, 2.75) is 13.1 Å². The van der Waals surface area contributed by atoms with Gasteiger partial charge in [-0.2, -0.15) is 8.78 Å².